The van der Waals surface area contributed by atoms with Crippen molar-refractivity contribution in [2.24, 2.45) is 5.41 Å². The van der Waals surface area contributed by atoms with Gasteiger partial charge in [0.2, 0.25) is 0 Å². The van der Waals surface area contributed by atoms with Gasteiger partial charge in [-0.3, -0.25) is 0 Å². The number of nitrogens with one attached hydrogen (secondary N) is 1. The average molecular weight is 248 g/mol. The van der Waals surface area contributed by atoms with Crippen LogP contribution in [0.5, 0.6) is 0 Å². The zero-order valence-corrected chi connectivity index (χ0v) is 11.4. The number of hydrogen-bond donors (Lipinski definition) is 1. The molecule has 0 amide bonds. The second-order valence-corrected chi connectivity index (χ2v) is 6.66. The van der Waals surface area contributed by atoms with Crippen molar-refractivity contribution in [3.63, 3.8) is 0 Å². The highest BCUT2D eigenvalue weighted by Gasteiger charge is 2.37. The first kappa shape index (κ1) is 12.6. The van der Waals surface area contributed by atoms with Crippen molar-refractivity contribution in [2.75, 3.05) is 13.1 Å². The molecule has 0 unspecified atom stereocenters. The Morgan fingerprint density at radius 3 is 2.76 bits per heavy atom. The molecule has 1 N–H and O–H groups in total. The van der Waals surface area contributed by atoms with Gasteiger partial charge in [-0.2, -0.15) is 5.26 Å². The molecule has 1 aromatic rings. The third-order valence-electron chi connectivity index (χ3n) is 3.77. The first-order valence-electron chi connectivity index (χ1n) is 6.24. The van der Waals surface area contributed by atoms with Crippen LogP contribution in [0.3, 0.4) is 0 Å². The Balaban J connectivity index is 1.84. The molecule has 2 nitrogen and oxygen atoms in total. The Bertz CT molecular complexity index is 396. The van der Waals surface area contributed by atoms with Crippen LogP contribution in [0.2, 0.25) is 0 Å². The van der Waals surface area contributed by atoms with E-state index in [-0.39, 0.29) is 10.8 Å². The minimum absolute atomic E-state index is 0.0640. The molecule has 0 bridgehead atoms. The summed E-state index contributed by atoms with van der Waals surface area (Å²) in [5.74, 6) is 0. The maximum Gasteiger partial charge on any atom is 0.0703 e. The van der Waals surface area contributed by atoms with Gasteiger partial charge in [0.15, 0.2) is 0 Å². The van der Waals surface area contributed by atoms with Crippen LogP contribution in [0.25, 0.3) is 0 Å². The van der Waals surface area contributed by atoms with Gasteiger partial charge in [0, 0.05) is 23.4 Å². The first-order chi connectivity index (χ1) is 8.08. The van der Waals surface area contributed by atoms with Crippen LogP contribution in [0, 0.1) is 16.7 Å². The molecule has 17 heavy (non-hydrogen) atoms. The van der Waals surface area contributed by atoms with Gasteiger partial charge < -0.3 is 5.32 Å². The number of thiophene rings is 1. The standard InChI is InChI=1S/C14H20N2S/c1-13(2,12-5-3-8-17-12)10-16-11-14(9-15)6-4-7-14/h3,5,8,16H,4,6-7,10-11H2,1-2H3. The summed E-state index contributed by atoms with van der Waals surface area (Å²) in [5, 5.41) is 14.8. The average Bonchev–Trinajstić information content (AvgIpc) is 2.76. The van der Waals surface area contributed by atoms with Gasteiger partial charge in [-0.25, -0.2) is 0 Å². The molecular weight excluding hydrogens is 228 g/mol. The first-order valence-corrected chi connectivity index (χ1v) is 7.12. The molecule has 1 aromatic heterocycles. The highest BCUT2D eigenvalue weighted by molar-refractivity contribution is 7.10. The van der Waals surface area contributed by atoms with Gasteiger partial charge in [-0.15, -0.1) is 11.3 Å². The summed E-state index contributed by atoms with van der Waals surface area (Å²) >= 11 is 1.81. The predicted molar refractivity (Wildman–Crippen MR) is 72.1 cm³/mol. The van der Waals surface area contributed by atoms with E-state index in [9.17, 15) is 0 Å². The summed E-state index contributed by atoms with van der Waals surface area (Å²) in [4.78, 5) is 1.41. The molecule has 1 heterocycles. The lowest BCUT2D eigenvalue weighted by atomic mass is 9.70. The predicted octanol–water partition coefficient (Wildman–Crippen LogP) is 3.31. The van der Waals surface area contributed by atoms with E-state index in [1.54, 1.807) is 0 Å². The van der Waals surface area contributed by atoms with E-state index in [2.05, 4.69) is 42.7 Å². The van der Waals surface area contributed by atoms with E-state index in [4.69, 9.17) is 5.26 Å². The van der Waals surface area contributed by atoms with Gasteiger partial charge in [0.05, 0.1) is 11.5 Å². The van der Waals surface area contributed by atoms with Gasteiger partial charge in [-0.1, -0.05) is 26.3 Å². The van der Waals surface area contributed by atoms with E-state index >= 15 is 0 Å². The van der Waals surface area contributed by atoms with E-state index in [1.165, 1.54) is 11.3 Å². The van der Waals surface area contributed by atoms with Gasteiger partial charge in [0.25, 0.3) is 0 Å². The molecule has 1 aliphatic carbocycles. The van der Waals surface area contributed by atoms with Crippen LogP contribution in [0.4, 0.5) is 0 Å². The normalized spacial score (nSPS) is 18.4. The Labute approximate surface area is 108 Å². The second kappa shape index (κ2) is 4.80. The van der Waals surface area contributed by atoms with Crippen molar-refractivity contribution in [3.8, 4) is 6.07 Å². The highest BCUT2D eigenvalue weighted by atomic mass is 32.1. The zero-order chi connectivity index (χ0) is 12.4. The largest absolute Gasteiger partial charge is 0.314 e. The van der Waals surface area contributed by atoms with Crippen LogP contribution in [-0.2, 0) is 5.41 Å². The van der Waals surface area contributed by atoms with Crippen LogP contribution in [0.15, 0.2) is 17.5 Å². The molecular formula is C14H20N2S. The van der Waals surface area contributed by atoms with E-state index in [1.807, 2.05) is 11.3 Å². The maximum absolute atomic E-state index is 9.16. The van der Waals surface area contributed by atoms with Crippen molar-refractivity contribution in [2.45, 2.75) is 38.5 Å². The quantitative estimate of drug-likeness (QED) is 0.867. The second-order valence-electron chi connectivity index (χ2n) is 5.71. The van der Waals surface area contributed by atoms with E-state index in [0.29, 0.717) is 0 Å². The molecule has 0 aliphatic heterocycles. The Kier molecular flexibility index (Phi) is 3.56. The SMILES string of the molecule is CC(C)(CNCC1(C#N)CCC1)c1cccs1. The summed E-state index contributed by atoms with van der Waals surface area (Å²) in [7, 11) is 0. The smallest absolute Gasteiger partial charge is 0.0703 e. The highest BCUT2D eigenvalue weighted by Crippen LogP contribution is 2.39. The zero-order valence-electron chi connectivity index (χ0n) is 10.6. The number of hydrogen-bond acceptors (Lipinski definition) is 3. The number of rotatable bonds is 5. The lowest BCUT2D eigenvalue weighted by Crippen LogP contribution is -2.42. The van der Waals surface area contributed by atoms with Crippen molar-refractivity contribution < 1.29 is 0 Å². The van der Waals surface area contributed by atoms with Crippen molar-refractivity contribution >= 4 is 11.3 Å². The Hall–Kier alpha value is -0.850. The number of nitriles is 1. The molecule has 0 aromatic carbocycles. The minimum Gasteiger partial charge on any atom is -0.314 e. The molecule has 1 saturated carbocycles. The number of nitrogens with zero attached hydrogens (tertiary/aromatic N) is 1. The molecule has 92 valence electrons. The van der Waals surface area contributed by atoms with Gasteiger partial charge in [0.1, 0.15) is 0 Å². The molecule has 0 spiro atoms. The summed E-state index contributed by atoms with van der Waals surface area (Å²) < 4.78 is 0. The third-order valence-corrected chi connectivity index (χ3v) is 5.00. The Morgan fingerprint density at radius 2 is 2.29 bits per heavy atom. The molecule has 1 fully saturated rings. The molecule has 0 saturated heterocycles. The van der Waals surface area contributed by atoms with Gasteiger partial charge >= 0.3 is 0 Å². The lowest BCUT2D eigenvalue weighted by molar-refractivity contribution is 0.203. The van der Waals surface area contributed by atoms with Crippen molar-refractivity contribution in [1.82, 2.24) is 5.32 Å². The monoisotopic (exact) mass is 248 g/mol. The fraction of sp³-hybridized carbons (Fsp3) is 0.643. The van der Waals surface area contributed by atoms with Crippen LogP contribution in [0.1, 0.15) is 38.0 Å². The molecule has 0 atom stereocenters. The summed E-state index contributed by atoms with van der Waals surface area (Å²) in [6.07, 6.45) is 3.34. The van der Waals surface area contributed by atoms with Crippen LogP contribution in [-0.4, -0.2) is 13.1 Å². The fourth-order valence-electron chi connectivity index (χ4n) is 2.30. The van der Waals surface area contributed by atoms with Crippen LogP contribution < -0.4 is 5.32 Å². The van der Waals surface area contributed by atoms with E-state index in [0.717, 1.165) is 25.9 Å². The summed E-state index contributed by atoms with van der Waals surface area (Å²) in [6, 6.07) is 6.77. The molecule has 0 radical (unpaired) electrons. The van der Waals surface area contributed by atoms with Gasteiger partial charge in [-0.05, 0) is 24.3 Å². The van der Waals surface area contributed by atoms with Crippen molar-refractivity contribution in [3.05, 3.63) is 22.4 Å². The minimum atomic E-state index is -0.0640. The summed E-state index contributed by atoms with van der Waals surface area (Å²) in [5.41, 5.74) is 0.0973. The molecule has 1 aliphatic rings. The van der Waals surface area contributed by atoms with E-state index < -0.39 is 0 Å². The third kappa shape index (κ3) is 2.70. The lowest BCUT2D eigenvalue weighted by Gasteiger charge is -2.36. The molecule has 3 heteroatoms. The Morgan fingerprint density at radius 1 is 1.53 bits per heavy atom. The summed E-state index contributed by atoms with van der Waals surface area (Å²) in [6.45, 7) is 6.30. The topological polar surface area (TPSA) is 35.8 Å². The fourth-order valence-corrected chi connectivity index (χ4v) is 3.15. The van der Waals surface area contributed by atoms with Crippen LogP contribution >= 0.6 is 11.3 Å². The molecule has 2 rings (SSSR count). The maximum atomic E-state index is 9.16. The van der Waals surface area contributed by atoms with Crippen molar-refractivity contribution in [1.29, 1.82) is 5.26 Å².